The Morgan fingerprint density at radius 1 is 1.07 bits per heavy atom. The SMILES string of the molecule is CCc1ccccc1NCc1cccc(C(=O)Nc2ccc([N+](=O)[O-])c(F)c2)c1. The van der Waals surface area contributed by atoms with E-state index in [1.165, 1.54) is 11.6 Å². The molecule has 0 atom stereocenters. The average Bonchev–Trinajstić information content (AvgIpc) is 2.72. The summed E-state index contributed by atoms with van der Waals surface area (Å²) < 4.78 is 13.7. The third kappa shape index (κ3) is 4.95. The van der Waals surface area contributed by atoms with Crippen LogP contribution in [-0.2, 0) is 13.0 Å². The lowest BCUT2D eigenvalue weighted by molar-refractivity contribution is -0.387. The lowest BCUT2D eigenvalue weighted by atomic mass is 10.1. The third-order valence-corrected chi connectivity index (χ3v) is 4.47. The number of hydrogen-bond acceptors (Lipinski definition) is 4. The van der Waals surface area contributed by atoms with E-state index >= 15 is 0 Å². The second kappa shape index (κ2) is 8.97. The molecule has 3 aromatic carbocycles. The van der Waals surface area contributed by atoms with Gasteiger partial charge in [-0.3, -0.25) is 14.9 Å². The van der Waals surface area contributed by atoms with Gasteiger partial charge < -0.3 is 10.6 Å². The van der Waals surface area contributed by atoms with E-state index in [-0.39, 0.29) is 5.69 Å². The molecule has 0 spiro atoms. The van der Waals surface area contributed by atoms with Gasteiger partial charge in [-0.25, -0.2) is 0 Å². The first-order valence-corrected chi connectivity index (χ1v) is 9.14. The number of hydrogen-bond donors (Lipinski definition) is 2. The number of carbonyl (C=O) groups excluding carboxylic acids is 1. The number of amides is 1. The van der Waals surface area contributed by atoms with Crippen LogP contribution in [0.25, 0.3) is 0 Å². The standard InChI is InChI=1S/C22H20FN3O3/c1-2-16-7-3-4-9-20(16)24-14-15-6-5-8-17(12-15)22(27)25-18-10-11-21(26(28)29)19(23)13-18/h3-13,24H,2,14H2,1H3,(H,25,27). The molecule has 29 heavy (non-hydrogen) atoms. The molecule has 148 valence electrons. The monoisotopic (exact) mass is 393 g/mol. The lowest BCUT2D eigenvalue weighted by Crippen LogP contribution is -2.13. The first-order valence-electron chi connectivity index (χ1n) is 9.14. The second-order valence-corrected chi connectivity index (χ2v) is 6.44. The van der Waals surface area contributed by atoms with Crippen LogP contribution in [0.1, 0.15) is 28.4 Å². The minimum Gasteiger partial charge on any atom is -0.381 e. The summed E-state index contributed by atoms with van der Waals surface area (Å²) in [5.74, 6) is -1.42. The highest BCUT2D eigenvalue weighted by molar-refractivity contribution is 6.04. The van der Waals surface area contributed by atoms with Gasteiger partial charge in [-0.05, 0) is 41.8 Å². The summed E-state index contributed by atoms with van der Waals surface area (Å²) in [6.45, 7) is 2.64. The normalized spacial score (nSPS) is 10.4. The molecule has 2 N–H and O–H groups in total. The Morgan fingerprint density at radius 3 is 2.59 bits per heavy atom. The number of anilines is 2. The molecule has 3 rings (SSSR count). The predicted molar refractivity (Wildman–Crippen MR) is 111 cm³/mol. The van der Waals surface area contributed by atoms with Crippen LogP contribution in [0.5, 0.6) is 0 Å². The van der Waals surface area contributed by atoms with Crippen LogP contribution in [0.15, 0.2) is 66.7 Å². The van der Waals surface area contributed by atoms with Gasteiger partial charge in [0.2, 0.25) is 5.82 Å². The van der Waals surface area contributed by atoms with E-state index in [0.29, 0.717) is 12.1 Å². The molecular weight excluding hydrogens is 373 g/mol. The van der Waals surface area contributed by atoms with E-state index < -0.39 is 22.3 Å². The number of carbonyl (C=O) groups is 1. The van der Waals surface area contributed by atoms with Gasteiger partial charge in [0, 0.05) is 35.6 Å². The van der Waals surface area contributed by atoms with Crippen molar-refractivity contribution in [3.63, 3.8) is 0 Å². The van der Waals surface area contributed by atoms with Gasteiger partial charge in [0.1, 0.15) is 0 Å². The molecule has 6 nitrogen and oxygen atoms in total. The molecule has 0 aliphatic carbocycles. The van der Waals surface area contributed by atoms with E-state index in [4.69, 9.17) is 0 Å². The van der Waals surface area contributed by atoms with Crippen LogP contribution in [0, 0.1) is 15.9 Å². The topological polar surface area (TPSA) is 84.3 Å². The van der Waals surface area contributed by atoms with Crippen LogP contribution in [0.3, 0.4) is 0 Å². The maximum atomic E-state index is 13.7. The number of benzene rings is 3. The molecule has 0 saturated heterocycles. The molecule has 0 saturated carbocycles. The zero-order valence-corrected chi connectivity index (χ0v) is 15.8. The summed E-state index contributed by atoms with van der Waals surface area (Å²) in [4.78, 5) is 22.4. The Hall–Kier alpha value is -3.74. The quantitative estimate of drug-likeness (QED) is 0.429. The predicted octanol–water partition coefficient (Wildman–Crippen LogP) is 5.16. The van der Waals surface area contributed by atoms with Crippen molar-refractivity contribution >= 4 is 23.0 Å². The van der Waals surface area contributed by atoms with Gasteiger partial charge in [-0.15, -0.1) is 0 Å². The highest BCUT2D eigenvalue weighted by Gasteiger charge is 2.15. The first kappa shape index (κ1) is 20.0. The highest BCUT2D eigenvalue weighted by Crippen LogP contribution is 2.22. The summed E-state index contributed by atoms with van der Waals surface area (Å²) in [5, 5.41) is 16.6. The van der Waals surface area contributed by atoms with Crippen molar-refractivity contribution < 1.29 is 14.1 Å². The average molecular weight is 393 g/mol. The van der Waals surface area contributed by atoms with Gasteiger partial charge in [0.15, 0.2) is 0 Å². The Labute approximate surface area is 167 Å². The fraction of sp³-hybridized carbons (Fsp3) is 0.136. The van der Waals surface area contributed by atoms with Crippen molar-refractivity contribution in [2.24, 2.45) is 0 Å². The summed E-state index contributed by atoms with van der Waals surface area (Å²) in [6, 6.07) is 18.4. The van der Waals surface area contributed by atoms with Crippen molar-refractivity contribution in [2.45, 2.75) is 19.9 Å². The van der Waals surface area contributed by atoms with E-state index in [2.05, 4.69) is 23.6 Å². The molecule has 1 amide bonds. The molecule has 3 aromatic rings. The summed E-state index contributed by atoms with van der Waals surface area (Å²) in [7, 11) is 0. The van der Waals surface area contributed by atoms with Crippen LogP contribution in [-0.4, -0.2) is 10.8 Å². The fourth-order valence-corrected chi connectivity index (χ4v) is 2.96. The van der Waals surface area contributed by atoms with Crippen molar-refractivity contribution in [1.29, 1.82) is 0 Å². The van der Waals surface area contributed by atoms with Crippen LogP contribution in [0.2, 0.25) is 0 Å². The van der Waals surface area contributed by atoms with Crippen molar-refractivity contribution in [2.75, 3.05) is 10.6 Å². The minimum absolute atomic E-state index is 0.151. The van der Waals surface area contributed by atoms with Crippen LogP contribution >= 0.6 is 0 Å². The molecule has 0 heterocycles. The number of halogens is 1. The maximum absolute atomic E-state index is 13.7. The van der Waals surface area contributed by atoms with Gasteiger partial charge >= 0.3 is 5.69 Å². The summed E-state index contributed by atoms with van der Waals surface area (Å²) >= 11 is 0. The molecule has 0 fully saturated rings. The zero-order chi connectivity index (χ0) is 20.8. The molecule has 0 aromatic heterocycles. The minimum atomic E-state index is -1.000. The number of rotatable bonds is 7. The summed E-state index contributed by atoms with van der Waals surface area (Å²) in [6.07, 6.45) is 0.914. The Morgan fingerprint density at radius 2 is 1.86 bits per heavy atom. The number of nitrogens with zero attached hydrogens (tertiary/aromatic N) is 1. The van der Waals surface area contributed by atoms with E-state index in [1.807, 2.05) is 24.3 Å². The Bertz CT molecular complexity index is 1050. The first-order chi connectivity index (χ1) is 14.0. The number of nitro groups is 1. The number of para-hydroxylation sites is 1. The highest BCUT2D eigenvalue weighted by atomic mass is 19.1. The van der Waals surface area contributed by atoms with Crippen molar-refractivity contribution in [3.8, 4) is 0 Å². The van der Waals surface area contributed by atoms with Crippen molar-refractivity contribution in [3.05, 3.63) is 99.4 Å². The van der Waals surface area contributed by atoms with Gasteiger partial charge in [0.25, 0.3) is 5.91 Å². The van der Waals surface area contributed by atoms with E-state index in [1.54, 1.807) is 18.2 Å². The molecular formula is C22H20FN3O3. The van der Waals surface area contributed by atoms with Crippen molar-refractivity contribution in [1.82, 2.24) is 0 Å². The van der Waals surface area contributed by atoms with Crippen LogP contribution in [0.4, 0.5) is 21.5 Å². The second-order valence-electron chi connectivity index (χ2n) is 6.44. The molecule has 0 radical (unpaired) electrons. The lowest BCUT2D eigenvalue weighted by Gasteiger charge is -2.12. The smallest absolute Gasteiger partial charge is 0.304 e. The Kier molecular flexibility index (Phi) is 6.19. The Balaban J connectivity index is 1.69. The molecule has 0 aliphatic heterocycles. The molecule has 7 heteroatoms. The van der Waals surface area contributed by atoms with E-state index in [9.17, 15) is 19.3 Å². The molecule has 0 bridgehead atoms. The number of aryl methyl sites for hydroxylation is 1. The maximum Gasteiger partial charge on any atom is 0.304 e. The van der Waals surface area contributed by atoms with Crippen LogP contribution < -0.4 is 10.6 Å². The van der Waals surface area contributed by atoms with Gasteiger partial charge in [0.05, 0.1) is 4.92 Å². The van der Waals surface area contributed by atoms with Gasteiger partial charge in [-0.1, -0.05) is 37.3 Å². The number of nitro benzene ring substituents is 1. The number of nitrogens with one attached hydrogen (secondary N) is 2. The summed E-state index contributed by atoms with van der Waals surface area (Å²) in [5.41, 5.74) is 3.10. The largest absolute Gasteiger partial charge is 0.381 e. The van der Waals surface area contributed by atoms with E-state index in [0.717, 1.165) is 29.8 Å². The molecule has 0 aliphatic rings. The third-order valence-electron chi connectivity index (χ3n) is 4.47. The van der Waals surface area contributed by atoms with Gasteiger partial charge in [-0.2, -0.15) is 4.39 Å². The zero-order valence-electron chi connectivity index (χ0n) is 15.8. The molecule has 0 unspecified atom stereocenters. The fourth-order valence-electron chi connectivity index (χ4n) is 2.96.